The van der Waals surface area contributed by atoms with Crippen molar-refractivity contribution in [1.29, 1.82) is 0 Å². The van der Waals surface area contributed by atoms with Crippen molar-refractivity contribution in [2.75, 3.05) is 33.7 Å². The number of hydrogen-bond donors (Lipinski definition) is 1. The van der Waals surface area contributed by atoms with E-state index < -0.39 is 0 Å². The molecular weight excluding hydrogens is 236 g/mol. The third kappa shape index (κ3) is 5.41. The molecule has 19 heavy (non-hydrogen) atoms. The van der Waals surface area contributed by atoms with Gasteiger partial charge in [-0.2, -0.15) is 0 Å². The molecule has 4 atom stereocenters. The Morgan fingerprint density at radius 3 is 2.21 bits per heavy atom. The van der Waals surface area contributed by atoms with Crippen LogP contribution in [-0.4, -0.2) is 60.8 Å². The van der Waals surface area contributed by atoms with Gasteiger partial charge < -0.3 is 10.0 Å². The predicted octanol–water partition coefficient (Wildman–Crippen LogP) is 2.30. The van der Waals surface area contributed by atoms with Gasteiger partial charge in [0.15, 0.2) is 0 Å². The second-order valence-corrected chi connectivity index (χ2v) is 7.30. The lowest BCUT2D eigenvalue weighted by molar-refractivity contribution is -0.0300. The Morgan fingerprint density at radius 1 is 1.11 bits per heavy atom. The Labute approximate surface area is 120 Å². The van der Waals surface area contributed by atoms with Crippen LogP contribution in [0, 0.1) is 17.8 Å². The van der Waals surface area contributed by atoms with Crippen molar-refractivity contribution < 1.29 is 5.11 Å². The number of likely N-dealkylation sites (N-methyl/N-ethyl adjacent to an activating group) is 1. The first kappa shape index (κ1) is 16.9. The average Bonchev–Trinajstić information content (AvgIpc) is 2.23. The summed E-state index contributed by atoms with van der Waals surface area (Å²) in [5.74, 6) is 1.91. The molecule has 3 nitrogen and oxygen atoms in total. The number of hydrogen-bond acceptors (Lipinski definition) is 3. The first-order valence-electron chi connectivity index (χ1n) is 7.88. The molecular formula is C16H34N2O. The van der Waals surface area contributed by atoms with Gasteiger partial charge in [-0.15, -0.1) is 0 Å². The Kier molecular flexibility index (Phi) is 6.78. The summed E-state index contributed by atoms with van der Waals surface area (Å²) in [6, 6.07) is 0.346. The van der Waals surface area contributed by atoms with Crippen LogP contribution in [0.1, 0.15) is 40.5 Å². The minimum absolute atomic E-state index is 0.153. The fraction of sp³-hybridized carbons (Fsp3) is 1.00. The molecule has 0 aromatic rings. The molecule has 1 saturated carbocycles. The quantitative estimate of drug-likeness (QED) is 0.802. The van der Waals surface area contributed by atoms with E-state index in [1.807, 2.05) is 0 Å². The maximum absolute atomic E-state index is 10.5. The van der Waals surface area contributed by atoms with E-state index in [9.17, 15) is 5.11 Å². The van der Waals surface area contributed by atoms with Crippen LogP contribution in [-0.2, 0) is 0 Å². The summed E-state index contributed by atoms with van der Waals surface area (Å²) < 4.78 is 0. The third-order valence-corrected chi connectivity index (χ3v) is 4.25. The Hall–Kier alpha value is -0.120. The summed E-state index contributed by atoms with van der Waals surface area (Å²) >= 11 is 0. The van der Waals surface area contributed by atoms with E-state index in [4.69, 9.17) is 0 Å². The summed E-state index contributed by atoms with van der Waals surface area (Å²) in [5, 5.41) is 10.5. The van der Waals surface area contributed by atoms with Crippen LogP contribution in [0.2, 0.25) is 0 Å². The van der Waals surface area contributed by atoms with Crippen molar-refractivity contribution in [1.82, 2.24) is 9.80 Å². The molecule has 1 aliphatic carbocycles. The van der Waals surface area contributed by atoms with E-state index in [-0.39, 0.29) is 6.10 Å². The SMILES string of the molecule is CC(C)CN(CCN(C)C)C1C(C)CC(C)CC1O. The molecule has 1 rings (SSSR count). The minimum atomic E-state index is -0.153. The highest BCUT2D eigenvalue weighted by molar-refractivity contribution is 4.90. The summed E-state index contributed by atoms with van der Waals surface area (Å²) in [5.41, 5.74) is 0. The van der Waals surface area contributed by atoms with Crippen molar-refractivity contribution >= 4 is 0 Å². The van der Waals surface area contributed by atoms with E-state index in [1.165, 1.54) is 6.42 Å². The molecule has 0 aliphatic heterocycles. The predicted molar refractivity (Wildman–Crippen MR) is 82.3 cm³/mol. The molecule has 0 bridgehead atoms. The van der Waals surface area contributed by atoms with Crippen LogP contribution in [0.25, 0.3) is 0 Å². The highest BCUT2D eigenvalue weighted by Crippen LogP contribution is 2.32. The molecule has 0 spiro atoms. The number of rotatable bonds is 6. The summed E-state index contributed by atoms with van der Waals surface area (Å²) in [6.45, 7) is 12.3. The topological polar surface area (TPSA) is 26.7 Å². The monoisotopic (exact) mass is 270 g/mol. The van der Waals surface area contributed by atoms with Gasteiger partial charge in [0.25, 0.3) is 0 Å². The van der Waals surface area contributed by atoms with Crippen molar-refractivity contribution in [2.45, 2.75) is 52.7 Å². The Balaban J connectivity index is 2.70. The summed E-state index contributed by atoms with van der Waals surface area (Å²) in [6.07, 6.45) is 2.06. The Morgan fingerprint density at radius 2 is 1.74 bits per heavy atom. The third-order valence-electron chi connectivity index (χ3n) is 4.25. The molecule has 1 fully saturated rings. The second-order valence-electron chi connectivity index (χ2n) is 7.30. The van der Waals surface area contributed by atoms with E-state index in [0.717, 1.165) is 26.1 Å². The van der Waals surface area contributed by atoms with E-state index >= 15 is 0 Å². The first-order chi connectivity index (χ1) is 8.81. The van der Waals surface area contributed by atoms with E-state index in [2.05, 4.69) is 51.6 Å². The van der Waals surface area contributed by atoms with Gasteiger partial charge in [0.2, 0.25) is 0 Å². The van der Waals surface area contributed by atoms with Gasteiger partial charge in [-0.1, -0.05) is 27.7 Å². The molecule has 0 aromatic carbocycles. The first-order valence-corrected chi connectivity index (χ1v) is 7.88. The second kappa shape index (κ2) is 7.61. The molecule has 0 saturated heterocycles. The molecule has 0 radical (unpaired) electrons. The highest BCUT2D eigenvalue weighted by Gasteiger charge is 2.36. The zero-order valence-corrected chi connectivity index (χ0v) is 13.8. The van der Waals surface area contributed by atoms with Gasteiger partial charge in [-0.25, -0.2) is 0 Å². The lowest BCUT2D eigenvalue weighted by atomic mass is 9.77. The molecule has 3 heteroatoms. The lowest BCUT2D eigenvalue weighted by Crippen LogP contribution is -2.53. The fourth-order valence-electron chi connectivity index (χ4n) is 3.56. The van der Waals surface area contributed by atoms with Crippen molar-refractivity contribution in [3.8, 4) is 0 Å². The maximum atomic E-state index is 10.5. The van der Waals surface area contributed by atoms with E-state index in [1.54, 1.807) is 0 Å². The number of nitrogens with zero attached hydrogens (tertiary/aromatic N) is 2. The van der Waals surface area contributed by atoms with Crippen LogP contribution < -0.4 is 0 Å². The van der Waals surface area contributed by atoms with Crippen LogP contribution in [0.4, 0.5) is 0 Å². The average molecular weight is 270 g/mol. The van der Waals surface area contributed by atoms with Crippen molar-refractivity contribution in [3.05, 3.63) is 0 Å². The summed E-state index contributed by atoms with van der Waals surface area (Å²) in [4.78, 5) is 4.77. The van der Waals surface area contributed by atoms with Gasteiger partial charge in [0.05, 0.1) is 6.10 Å². The summed E-state index contributed by atoms with van der Waals surface area (Å²) in [7, 11) is 4.24. The molecule has 1 aliphatic rings. The van der Waals surface area contributed by atoms with Crippen LogP contribution >= 0.6 is 0 Å². The largest absolute Gasteiger partial charge is 0.391 e. The smallest absolute Gasteiger partial charge is 0.0700 e. The molecule has 0 amide bonds. The zero-order valence-electron chi connectivity index (χ0n) is 13.8. The molecule has 1 N–H and O–H groups in total. The molecule has 0 heterocycles. The van der Waals surface area contributed by atoms with Gasteiger partial charge in [0, 0.05) is 25.7 Å². The van der Waals surface area contributed by atoms with Gasteiger partial charge in [-0.3, -0.25) is 4.90 Å². The molecule has 0 aromatic heterocycles. The van der Waals surface area contributed by atoms with E-state index in [0.29, 0.717) is 23.8 Å². The van der Waals surface area contributed by atoms with Gasteiger partial charge in [0.1, 0.15) is 0 Å². The van der Waals surface area contributed by atoms with Gasteiger partial charge in [-0.05, 0) is 44.7 Å². The van der Waals surface area contributed by atoms with Gasteiger partial charge >= 0.3 is 0 Å². The maximum Gasteiger partial charge on any atom is 0.0700 e. The van der Waals surface area contributed by atoms with Crippen molar-refractivity contribution in [3.63, 3.8) is 0 Å². The number of aliphatic hydroxyl groups is 1. The fourth-order valence-corrected chi connectivity index (χ4v) is 3.56. The normalized spacial score (nSPS) is 32.5. The highest BCUT2D eigenvalue weighted by atomic mass is 16.3. The molecule has 4 unspecified atom stereocenters. The van der Waals surface area contributed by atoms with Crippen LogP contribution in [0.15, 0.2) is 0 Å². The zero-order chi connectivity index (χ0) is 14.6. The minimum Gasteiger partial charge on any atom is -0.391 e. The van der Waals surface area contributed by atoms with Crippen LogP contribution in [0.3, 0.4) is 0 Å². The van der Waals surface area contributed by atoms with Crippen LogP contribution in [0.5, 0.6) is 0 Å². The molecule has 114 valence electrons. The number of aliphatic hydroxyl groups excluding tert-OH is 1. The van der Waals surface area contributed by atoms with Crippen molar-refractivity contribution in [2.24, 2.45) is 17.8 Å². The Bertz CT molecular complexity index is 243. The lowest BCUT2D eigenvalue weighted by Gasteiger charge is -2.44. The standard InChI is InChI=1S/C16H34N2O/c1-12(2)11-18(8-7-17(5)6)16-14(4)9-13(3)10-15(16)19/h12-16,19H,7-11H2,1-6H3.